The molecule has 0 bridgehead atoms. The number of thiophene rings is 1. The van der Waals surface area contributed by atoms with Crippen LogP contribution in [0.25, 0.3) is 0 Å². The van der Waals surface area contributed by atoms with Crippen molar-refractivity contribution >= 4 is 28.2 Å². The highest BCUT2D eigenvalue weighted by atomic mass is 32.1. The van der Waals surface area contributed by atoms with E-state index >= 15 is 0 Å². The molecule has 0 radical (unpaired) electrons. The highest BCUT2D eigenvalue weighted by Crippen LogP contribution is 2.29. The van der Waals surface area contributed by atoms with E-state index in [2.05, 4.69) is 10.5 Å². The van der Waals surface area contributed by atoms with Gasteiger partial charge in [-0.1, -0.05) is 11.2 Å². The van der Waals surface area contributed by atoms with Crippen LogP contribution in [-0.2, 0) is 11.3 Å². The van der Waals surface area contributed by atoms with Crippen LogP contribution in [0.4, 0.5) is 9.39 Å². The summed E-state index contributed by atoms with van der Waals surface area (Å²) in [6.07, 6.45) is 0. The second-order valence-corrected chi connectivity index (χ2v) is 7.11. The van der Waals surface area contributed by atoms with Gasteiger partial charge in [-0.15, -0.1) is 11.3 Å². The molecule has 7 nitrogen and oxygen atoms in total. The van der Waals surface area contributed by atoms with E-state index in [1.54, 1.807) is 19.1 Å². The van der Waals surface area contributed by atoms with Gasteiger partial charge in [-0.05, 0) is 32.0 Å². The summed E-state index contributed by atoms with van der Waals surface area (Å²) in [5.41, 5.74) is 0.710. The van der Waals surface area contributed by atoms with E-state index in [0.717, 1.165) is 4.88 Å². The Morgan fingerprint density at radius 1 is 1.29 bits per heavy atom. The second kappa shape index (κ2) is 8.22. The topological polar surface area (TPSA) is 90.7 Å². The van der Waals surface area contributed by atoms with Gasteiger partial charge >= 0.3 is 5.97 Å². The number of hydrogen-bond donors (Lipinski definition) is 1. The monoisotopic (exact) mass is 404 g/mol. The summed E-state index contributed by atoms with van der Waals surface area (Å²) < 4.78 is 28.7. The van der Waals surface area contributed by atoms with Gasteiger partial charge in [0.25, 0.3) is 5.91 Å². The number of halogens is 1. The van der Waals surface area contributed by atoms with Crippen LogP contribution >= 0.6 is 11.3 Å². The van der Waals surface area contributed by atoms with E-state index in [9.17, 15) is 14.0 Å². The smallest absolute Gasteiger partial charge is 0.340 e. The van der Waals surface area contributed by atoms with Crippen molar-refractivity contribution < 1.29 is 28.0 Å². The number of nitrogens with zero attached hydrogens (tertiary/aromatic N) is 1. The molecule has 1 N–H and O–H groups in total. The minimum Gasteiger partial charge on any atom is -0.489 e. The summed E-state index contributed by atoms with van der Waals surface area (Å²) in [5.74, 6) is -0.820. The van der Waals surface area contributed by atoms with Gasteiger partial charge < -0.3 is 19.3 Å². The summed E-state index contributed by atoms with van der Waals surface area (Å²) in [6.45, 7) is 3.42. The van der Waals surface area contributed by atoms with Crippen LogP contribution in [0.1, 0.15) is 37.0 Å². The summed E-state index contributed by atoms with van der Waals surface area (Å²) in [5, 5.41) is 6.81. The number of carbonyl (C=O) groups is 2. The molecular weight excluding hydrogens is 387 g/mol. The van der Waals surface area contributed by atoms with Crippen molar-refractivity contribution in [1.29, 1.82) is 0 Å². The van der Waals surface area contributed by atoms with Crippen LogP contribution in [0.3, 0.4) is 0 Å². The van der Waals surface area contributed by atoms with Crippen LogP contribution in [0.5, 0.6) is 5.75 Å². The van der Waals surface area contributed by atoms with Crippen molar-refractivity contribution in [3.8, 4) is 5.75 Å². The van der Waals surface area contributed by atoms with Gasteiger partial charge in [0.05, 0.1) is 18.2 Å². The molecule has 2 aromatic heterocycles. The van der Waals surface area contributed by atoms with Gasteiger partial charge in [0.2, 0.25) is 0 Å². The number of anilines is 1. The van der Waals surface area contributed by atoms with Gasteiger partial charge in [-0.2, -0.15) is 0 Å². The standard InChI is InChI=1S/C19H17FN2O5S/c1-10-7-14(19(24)25-3)18(28-10)21-17(23)16-15(11(2)27-22-16)9-26-13-6-4-5-12(20)8-13/h4-8H,9H2,1-3H3,(H,21,23). The van der Waals surface area contributed by atoms with E-state index in [1.165, 1.54) is 36.6 Å². The summed E-state index contributed by atoms with van der Waals surface area (Å²) in [7, 11) is 1.27. The summed E-state index contributed by atoms with van der Waals surface area (Å²) in [6, 6.07) is 7.29. The molecule has 0 fully saturated rings. The maximum Gasteiger partial charge on any atom is 0.340 e. The van der Waals surface area contributed by atoms with Crippen molar-refractivity contribution in [2.75, 3.05) is 12.4 Å². The Morgan fingerprint density at radius 2 is 2.07 bits per heavy atom. The molecule has 0 spiro atoms. The minimum atomic E-state index is -0.554. The Labute approximate surface area is 164 Å². The number of carbonyl (C=O) groups excluding carboxylic acids is 2. The lowest BCUT2D eigenvalue weighted by molar-refractivity contribution is 0.0602. The molecule has 0 unspecified atom stereocenters. The highest BCUT2D eigenvalue weighted by molar-refractivity contribution is 7.16. The zero-order chi connectivity index (χ0) is 20.3. The highest BCUT2D eigenvalue weighted by Gasteiger charge is 2.24. The van der Waals surface area contributed by atoms with Gasteiger partial charge in [-0.25, -0.2) is 9.18 Å². The van der Waals surface area contributed by atoms with E-state index < -0.39 is 17.7 Å². The summed E-state index contributed by atoms with van der Waals surface area (Å²) in [4.78, 5) is 25.4. The largest absolute Gasteiger partial charge is 0.489 e. The van der Waals surface area contributed by atoms with Crippen molar-refractivity contribution in [2.24, 2.45) is 0 Å². The van der Waals surface area contributed by atoms with Crippen molar-refractivity contribution in [1.82, 2.24) is 5.16 Å². The third-order valence-electron chi connectivity index (χ3n) is 3.87. The Morgan fingerprint density at radius 3 is 2.79 bits per heavy atom. The van der Waals surface area contributed by atoms with Crippen LogP contribution in [0.15, 0.2) is 34.9 Å². The fourth-order valence-electron chi connectivity index (χ4n) is 2.48. The first-order valence-electron chi connectivity index (χ1n) is 8.22. The molecule has 1 aromatic carbocycles. The number of nitrogens with one attached hydrogen (secondary N) is 1. The third kappa shape index (κ3) is 4.20. The zero-order valence-corrected chi connectivity index (χ0v) is 16.2. The van der Waals surface area contributed by atoms with Crippen molar-refractivity contribution in [2.45, 2.75) is 20.5 Å². The molecule has 0 saturated heterocycles. The molecule has 3 rings (SSSR count). The molecular formula is C19H17FN2O5S. The van der Waals surface area contributed by atoms with E-state index in [4.69, 9.17) is 14.0 Å². The normalized spacial score (nSPS) is 10.6. The Hall–Kier alpha value is -3.20. The Bertz CT molecular complexity index is 1030. The number of methoxy groups -OCH3 is 1. The lowest BCUT2D eigenvalue weighted by atomic mass is 10.2. The average Bonchev–Trinajstić information content (AvgIpc) is 3.21. The maximum atomic E-state index is 13.3. The quantitative estimate of drug-likeness (QED) is 0.622. The molecule has 3 aromatic rings. The Kier molecular flexibility index (Phi) is 5.74. The molecule has 0 aliphatic heterocycles. The van der Waals surface area contributed by atoms with Crippen LogP contribution in [-0.4, -0.2) is 24.1 Å². The van der Waals surface area contributed by atoms with Crippen LogP contribution in [0.2, 0.25) is 0 Å². The van der Waals surface area contributed by atoms with Gasteiger partial charge in [0, 0.05) is 10.9 Å². The minimum absolute atomic E-state index is 0.0239. The number of rotatable bonds is 6. The molecule has 9 heteroatoms. The van der Waals surface area contributed by atoms with E-state index in [0.29, 0.717) is 22.1 Å². The number of aryl methyl sites for hydroxylation is 2. The van der Waals surface area contributed by atoms with Crippen molar-refractivity contribution in [3.05, 3.63) is 63.6 Å². The molecule has 0 aliphatic carbocycles. The number of aromatic nitrogens is 1. The van der Waals surface area contributed by atoms with Gasteiger partial charge in [-0.3, -0.25) is 4.79 Å². The van der Waals surface area contributed by atoms with E-state index in [-0.39, 0.29) is 17.9 Å². The first-order valence-corrected chi connectivity index (χ1v) is 9.04. The van der Waals surface area contributed by atoms with E-state index in [1.807, 2.05) is 6.92 Å². The molecule has 1 amide bonds. The first kappa shape index (κ1) is 19.6. The lowest BCUT2D eigenvalue weighted by Crippen LogP contribution is -2.16. The average molecular weight is 404 g/mol. The number of benzene rings is 1. The van der Waals surface area contributed by atoms with Crippen molar-refractivity contribution in [3.63, 3.8) is 0 Å². The fraction of sp³-hybridized carbons (Fsp3) is 0.211. The SMILES string of the molecule is COC(=O)c1cc(C)sc1NC(=O)c1noc(C)c1COc1cccc(F)c1. The van der Waals surface area contributed by atoms with Crippen LogP contribution < -0.4 is 10.1 Å². The molecule has 0 aliphatic rings. The number of amides is 1. The second-order valence-electron chi connectivity index (χ2n) is 5.86. The molecule has 146 valence electrons. The first-order chi connectivity index (χ1) is 13.4. The third-order valence-corrected chi connectivity index (χ3v) is 4.83. The number of ether oxygens (including phenoxy) is 2. The number of esters is 1. The maximum absolute atomic E-state index is 13.3. The molecule has 2 heterocycles. The molecule has 0 saturated carbocycles. The molecule has 0 atom stereocenters. The lowest BCUT2D eigenvalue weighted by Gasteiger charge is -2.07. The van der Waals surface area contributed by atoms with Crippen LogP contribution in [0, 0.1) is 19.7 Å². The fourth-order valence-corrected chi connectivity index (χ4v) is 3.38. The Balaban J connectivity index is 1.79. The van der Waals surface area contributed by atoms with Gasteiger partial charge in [0.15, 0.2) is 5.69 Å². The number of hydrogen-bond acceptors (Lipinski definition) is 7. The zero-order valence-electron chi connectivity index (χ0n) is 15.4. The predicted octanol–water partition coefficient (Wildman–Crippen LogP) is 4.11. The molecule has 28 heavy (non-hydrogen) atoms. The summed E-state index contributed by atoms with van der Waals surface area (Å²) >= 11 is 1.24. The van der Waals surface area contributed by atoms with Gasteiger partial charge in [0.1, 0.15) is 28.9 Å². The predicted molar refractivity (Wildman–Crippen MR) is 100 cm³/mol.